The van der Waals surface area contributed by atoms with Crippen LogP contribution in [0.25, 0.3) is 0 Å². The molecule has 0 unspecified atom stereocenters. The molecule has 0 aromatic heterocycles. The van der Waals surface area contributed by atoms with Crippen LogP contribution in [0.3, 0.4) is 0 Å². The van der Waals surface area contributed by atoms with Gasteiger partial charge in [0.05, 0.1) is 18.5 Å². The van der Waals surface area contributed by atoms with Crippen molar-refractivity contribution in [3.8, 4) is 0 Å². The minimum atomic E-state index is -1.61. The fourth-order valence-electron chi connectivity index (χ4n) is 6.35. The second kappa shape index (κ2) is 22.4. The summed E-state index contributed by atoms with van der Waals surface area (Å²) in [5.74, 6) is 0. The third kappa shape index (κ3) is 14.5. The van der Waals surface area contributed by atoms with Crippen molar-refractivity contribution in [1.82, 2.24) is 0 Å². The van der Waals surface area contributed by atoms with Gasteiger partial charge in [-0.25, -0.2) is 0 Å². The zero-order chi connectivity index (χ0) is 34.1. The number of hydrogen-bond donors (Lipinski definition) is 0. The van der Waals surface area contributed by atoms with Gasteiger partial charge in [0, 0.05) is 32.4 Å². The molecule has 1 saturated heterocycles. The van der Waals surface area contributed by atoms with E-state index in [0.717, 1.165) is 18.7 Å². The molecule has 0 atom stereocenters. The van der Waals surface area contributed by atoms with E-state index in [-0.39, 0.29) is 7.92 Å². The number of anilines is 2. The fraction of sp³-hybridized carbons (Fsp3) is 0.500. The molecule has 1 aliphatic heterocycles. The maximum atomic E-state index is 5.67. The van der Waals surface area contributed by atoms with E-state index < -0.39 is 13.5 Å². The molecule has 3 aromatic carbocycles. The first-order valence-electron chi connectivity index (χ1n) is 17.3. The molecular weight excluding hydrogens is 711 g/mol. The van der Waals surface area contributed by atoms with E-state index in [1.54, 1.807) is 18.5 Å². The Bertz CT molecular complexity index is 1210. The number of nitrogens with zero attached hydrogens (tertiary/aromatic N) is 2. The second-order valence-electron chi connectivity index (χ2n) is 12.8. The molecule has 0 radical (unpaired) electrons. The van der Waals surface area contributed by atoms with E-state index in [2.05, 4.69) is 103 Å². The first-order valence-corrected chi connectivity index (χ1v) is 24.9. The summed E-state index contributed by atoms with van der Waals surface area (Å²) in [4.78, 5) is 4.81. The van der Waals surface area contributed by atoms with E-state index >= 15 is 0 Å². The summed E-state index contributed by atoms with van der Waals surface area (Å²) in [6.45, 7) is 24.5. The molecule has 0 N–H and O–H groups in total. The molecule has 1 aliphatic rings. The summed E-state index contributed by atoms with van der Waals surface area (Å²) in [6.07, 6.45) is 13.4. The molecule has 2 nitrogen and oxygen atoms in total. The second-order valence-corrected chi connectivity index (χ2v) is 21.5. The summed E-state index contributed by atoms with van der Waals surface area (Å²) in [5.41, 5.74) is 12.0. The van der Waals surface area contributed by atoms with Gasteiger partial charge < -0.3 is 9.80 Å². The normalized spacial score (nSPS) is 12.8. The van der Waals surface area contributed by atoms with Gasteiger partial charge in [-0.05, 0) is 83.1 Å². The molecule has 1 fully saturated rings. The van der Waals surface area contributed by atoms with E-state index in [1.165, 1.54) is 83.3 Å². The molecule has 4 rings (SSSR count). The third-order valence-electron chi connectivity index (χ3n) is 8.35. The number of hydrogen-bond acceptors (Lipinski definition) is 2. The van der Waals surface area contributed by atoms with E-state index in [0.29, 0.717) is 0 Å². The van der Waals surface area contributed by atoms with Gasteiger partial charge in [0.1, 0.15) is 0 Å². The van der Waals surface area contributed by atoms with Crippen LogP contribution < -0.4 is 9.80 Å². The van der Waals surface area contributed by atoms with Crippen LogP contribution in [0.2, 0.25) is 0 Å². The van der Waals surface area contributed by atoms with Crippen molar-refractivity contribution in [1.29, 1.82) is 0 Å². The Hall–Kier alpha value is -1.24. The fourth-order valence-corrected chi connectivity index (χ4v) is 11.5. The van der Waals surface area contributed by atoms with E-state index in [9.17, 15) is 0 Å². The number of halogens is 2. The molecule has 0 bridgehead atoms. The summed E-state index contributed by atoms with van der Waals surface area (Å²) in [6, 6.07) is 19.0. The van der Waals surface area contributed by atoms with Crippen molar-refractivity contribution in [2.45, 2.75) is 101 Å². The van der Waals surface area contributed by atoms with Crippen molar-refractivity contribution < 1.29 is 13.5 Å². The van der Waals surface area contributed by atoms with Gasteiger partial charge in [-0.3, -0.25) is 0 Å². The Balaban J connectivity index is 0.000000271. The topological polar surface area (TPSA) is 6.48 Å². The summed E-state index contributed by atoms with van der Waals surface area (Å²) >= 11 is -1.61. The first kappa shape index (κ1) is 40.9. The first-order chi connectivity index (χ1) is 22.0. The maximum absolute atomic E-state index is 5.67. The Morgan fingerprint density at radius 1 is 0.652 bits per heavy atom. The molecule has 258 valence electrons. The molecule has 1 heterocycles. The number of unbranched alkanes of at least 4 members (excludes halogenated alkanes) is 3. The van der Waals surface area contributed by atoms with Gasteiger partial charge >= 0.3 is 73.4 Å². The summed E-state index contributed by atoms with van der Waals surface area (Å²) < 4.78 is 1.92. The number of rotatable bonds is 12. The predicted octanol–water partition coefficient (Wildman–Crippen LogP) is 12.3. The van der Waals surface area contributed by atoms with Crippen LogP contribution in [-0.2, 0) is 13.5 Å². The monoisotopic (exact) mass is 772 g/mol. The summed E-state index contributed by atoms with van der Waals surface area (Å²) in [7, 11) is 11.4. The van der Waals surface area contributed by atoms with Crippen LogP contribution in [0, 0.1) is 48.2 Å². The molecule has 0 aliphatic carbocycles. The van der Waals surface area contributed by atoms with Crippen molar-refractivity contribution in [2.24, 2.45) is 0 Å². The molecule has 3 aromatic rings. The van der Waals surface area contributed by atoms with Crippen molar-refractivity contribution in [2.75, 3.05) is 41.4 Å². The molecule has 0 spiro atoms. The average Bonchev–Trinajstić information content (AvgIpc) is 3.45. The van der Waals surface area contributed by atoms with Crippen LogP contribution >= 0.6 is 27.3 Å². The van der Waals surface area contributed by atoms with Crippen molar-refractivity contribution in [3.05, 3.63) is 100 Å². The van der Waals surface area contributed by atoms with Gasteiger partial charge in [-0.2, -0.15) is 6.67 Å². The Labute approximate surface area is 297 Å². The van der Waals surface area contributed by atoms with Crippen LogP contribution in [0.1, 0.15) is 98.2 Å². The van der Waals surface area contributed by atoms with Gasteiger partial charge in [-0.1, -0.05) is 75.4 Å². The standard InChI is InChI=1S/C21H27N2.C12H27P.C7H6.2ClH.Ru/c1-14-9-16(3)20(17(4)10-14)22-7-8-23(13-22)21-18(5)11-15(2)12-19(21)6;1-4-7-10-13(11-8-5-2)12-9-6-3;1-7-5-3-2-4-6-7;;;/h9-13H,7-8H2,1-6H3;4-12H2,1-3H3;1-6H;2*1H;/q-1;;;;;+2/p-1. The Morgan fingerprint density at radius 3 is 1.35 bits per heavy atom. The van der Waals surface area contributed by atoms with Gasteiger partial charge in [0.15, 0.2) is 0 Å². The zero-order valence-corrected chi connectivity index (χ0v) is 34.4. The van der Waals surface area contributed by atoms with E-state index in [1.807, 2.05) is 34.9 Å². The van der Waals surface area contributed by atoms with Gasteiger partial charge in [-0.15, -0.1) is 0 Å². The van der Waals surface area contributed by atoms with E-state index in [4.69, 9.17) is 19.4 Å². The molecular formula is C40H61Cl2N2PRu. The average molecular weight is 773 g/mol. The predicted molar refractivity (Wildman–Crippen MR) is 211 cm³/mol. The van der Waals surface area contributed by atoms with Crippen LogP contribution in [0.15, 0.2) is 54.6 Å². The summed E-state index contributed by atoms with van der Waals surface area (Å²) in [5, 5.41) is 0. The van der Waals surface area contributed by atoms with Crippen LogP contribution in [0.5, 0.6) is 0 Å². The van der Waals surface area contributed by atoms with Crippen molar-refractivity contribution >= 4 is 43.3 Å². The molecule has 0 amide bonds. The molecule has 46 heavy (non-hydrogen) atoms. The molecule has 6 heteroatoms. The van der Waals surface area contributed by atoms with Crippen LogP contribution in [-0.4, -0.2) is 36.2 Å². The number of benzene rings is 3. The SMILES string of the molecule is CCCC[PH+](CCCC)CCCC.Cc1cc(C)c(N2[CH-]N(c3c(C)cc(C)cc3C)CC2)c(C)c1.[Cl][Ru]([Cl])=[CH]c1ccccc1. The van der Waals surface area contributed by atoms with Crippen molar-refractivity contribution in [3.63, 3.8) is 0 Å². The Kier molecular flexibility index (Phi) is 19.9. The Morgan fingerprint density at radius 2 is 1.02 bits per heavy atom. The third-order valence-corrected chi connectivity index (χ3v) is 13.4. The quantitative estimate of drug-likeness (QED) is 0.103. The minimum absolute atomic E-state index is 0.0675. The number of aryl methyl sites for hydroxylation is 6. The van der Waals surface area contributed by atoms with Crippen LogP contribution in [0.4, 0.5) is 11.4 Å². The zero-order valence-electron chi connectivity index (χ0n) is 30.1. The van der Waals surface area contributed by atoms with Gasteiger partial charge in [0.25, 0.3) is 0 Å². The molecule has 0 saturated carbocycles. The van der Waals surface area contributed by atoms with Gasteiger partial charge in [0.2, 0.25) is 0 Å².